The molecule has 0 unspecified atom stereocenters. The van der Waals surface area contributed by atoms with Crippen LogP contribution < -0.4 is 9.64 Å². The highest BCUT2D eigenvalue weighted by Crippen LogP contribution is 2.19. The molecule has 0 aliphatic rings. The first-order valence-electron chi connectivity index (χ1n) is 6.51. The molecule has 1 N–H and O–H groups in total. The Morgan fingerprint density at radius 1 is 1.25 bits per heavy atom. The van der Waals surface area contributed by atoms with E-state index >= 15 is 0 Å². The third kappa shape index (κ3) is 3.68. The summed E-state index contributed by atoms with van der Waals surface area (Å²) in [5.74, 6) is 1.31. The minimum absolute atomic E-state index is 0.470. The standard InChI is InChI=1S/C15H19N3O2/c1-18(14-10-15(20-2)17-11-16-14)9-8-13(19)12-6-4-3-5-7-12/h3-7,10-11,13,19H,8-9H2,1-2H3/t13-/m0/s1. The van der Waals surface area contributed by atoms with Gasteiger partial charge in [-0.15, -0.1) is 0 Å². The smallest absolute Gasteiger partial charge is 0.218 e. The van der Waals surface area contributed by atoms with Gasteiger partial charge in [-0.3, -0.25) is 0 Å². The van der Waals surface area contributed by atoms with E-state index in [9.17, 15) is 5.11 Å². The average Bonchev–Trinajstić information content (AvgIpc) is 2.53. The van der Waals surface area contributed by atoms with Crippen LogP contribution in [0.3, 0.4) is 0 Å². The van der Waals surface area contributed by atoms with Crippen molar-refractivity contribution >= 4 is 5.82 Å². The molecule has 0 radical (unpaired) electrons. The molecule has 1 aromatic carbocycles. The monoisotopic (exact) mass is 273 g/mol. The minimum Gasteiger partial charge on any atom is -0.481 e. The van der Waals surface area contributed by atoms with Gasteiger partial charge < -0.3 is 14.7 Å². The van der Waals surface area contributed by atoms with E-state index in [4.69, 9.17) is 4.74 Å². The van der Waals surface area contributed by atoms with Crippen molar-refractivity contribution in [1.82, 2.24) is 9.97 Å². The van der Waals surface area contributed by atoms with E-state index in [0.29, 0.717) is 18.8 Å². The number of ether oxygens (including phenoxy) is 1. The zero-order valence-electron chi connectivity index (χ0n) is 11.7. The molecular weight excluding hydrogens is 254 g/mol. The summed E-state index contributed by atoms with van der Waals surface area (Å²) in [6.07, 6.45) is 1.63. The number of methoxy groups -OCH3 is 1. The first kappa shape index (κ1) is 14.3. The lowest BCUT2D eigenvalue weighted by Gasteiger charge is -2.20. The Morgan fingerprint density at radius 2 is 2.00 bits per heavy atom. The second-order valence-electron chi connectivity index (χ2n) is 4.56. The molecule has 0 saturated carbocycles. The summed E-state index contributed by atoms with van der Waals surface area (Å²) in [6, 6.07) is 11.4. The van der Waals surface area contributed by atoms with Crippen molar-refractivity contribution in [2.24, 2.45) is 0 Å². The molecule has 1 heterocycles. The van der Waals surface area contributed by atoms with Crippen LogP contribution in [0, 0.1) is 0 Å². The van der Waals surface area contributed by atoms with Crippen LogP contribution in [0.2, 0.25) is 0 Å². The van der Waals surface area contributed by atoms with Crippen LogP contribution in [0.5, 0.6) is 5.88 Å². The Labute approximate surface area is 118 Å². The molecular formula is C15H19N3O2. The van der Waals surface area contributed by atoms with Crippen molar-refractivity contribution in [2.45, 2.75) is 12.5 Å². The van der Waals surface area contributed by atoms with Gasteiger partial charge in [-0.1, -0.05) is 30.3 Å². The summed E-state index contributed by atoms with van der Waals surface area (Å²) in [4.78, 5) is 10.1. The zero-order chi connectivity index (χ0) is 14.4. The predicted octanol–water partition coefficient (Wildman–Crippen LogP) is 2.05. The largest absolute Gasteiger partial charge is 0.481 e. The van der Waals surface area contributed by atoms with Crippen LogP contribution in [0.15, 0.2) is 42.7 Å². The number of nitrogens with zero attached hydrogens (tertiary/aromatic N) is 3. The summed E-state index contributed by atoms with van der Waals surface area (Å²) in [7, 11) is 3.50. The molecule has 2 aromatic rings. The summed E-state index contributed by atoms with van der Waals surface area (Å²) < 4.78 is 5.07. The van der Waals surface area contributed by atoms with Crippen LogP contribution in [-0.4, -0.2) is 35.8 Å². The van der Waals surface area contributed by atoms with Gasteiger partial charge >= 0.3 is 0 Å². The summed E-state index contributed by atoms with van der Waals surface area (Å²) >= 11 is 0. The first-order chi connectivity index (χ1) is 9.70. The lowest BCUT2D eigenvalue weighted by molar-refractivity contribution is 0.170. The van der Waals surface area contributed by atoms with Crippen molar-refractivity contribution < 1.29 is 9.84 Å². The maximum absolute atomic E-state index is 10.1. The molecule has 0 spiro atoms. The third-order valence-corrected chi connectivity index (χ3v) is 3.15. The quantitative estimate of drug-likeness (QED) is 0.873. The van der Waals surface area contributed by atoms with Gasteiger partial charge in [0.05, 0.1) is 13.2 Å². The van der Waals surface area contributed by atoms with Crippen molar-refractivity contribution in [2.75, 3.05) is 25.6 Å². The lowest BCUT2D eigenvalue weighted by Crippen LogP contribution is -2.21. The first-order valence-corrected chi connectivity index (χ1v) is 6.51. The molecule has 0 saturated heterocycles. The van der Waals surface area contributed by atoms with Gasteiger partial charge in [0.2, 0.25) is 5.88 Å². The van der Waals surface area contributed by atoms with E-state index in [0.717, 1.165) is 11.4 Å². The molecule has 0 aliphatic carbocycles. The highest BCUT2D eigenvalue weighted by Gasteiger charge is 2.10. The fraction of sp³-hybridized carbons (Fsp3) is 0.333. The Bertz CT molecular complexity index is 534. The van der Waals surface area contributed by atoms with Crippen molar-refractivity contribution in [3.63, 3.8) is 0 Å². The Hall–Kier alpha value is -2.14. The second-order valence-corrected chi connectivity index (χ2v) is 4.56. The van der Waals surface area contributed by atoms with E-state index < -0.39 is 6.10 Å². The van der Waals surface area contributed by atoms with Gasteiger partial charge in [0.25, 0.3) is 0 Å². The lowest BCUT2D eigenvalue weighted by atomic mass is 10.1. The molecule has 0 amide bonds. The number of aliphatic hydroxyl groups is 1. The molecule has 2 rings (SSSR count). The number of aliphatic hydroxyl groups excluding tert-OH is 1. The van der Waals surface area contributed by atoms with Crippen molar-refractivity contribution in [3.8, 4) is 5.88 Å². The number of aromatic nitrogens is 2. The zero-order valence-corrected chi connectivity index (χ0v) is 11.7. The number of hydrogen-bond acceptors (Lipinski definition) is 5. The molecule has 5 heteroatoms. The van der Waals surface area contributed by atoms with Gasteiger partial charge in [0.15, 0.2) is 0 Å². The van der Waals surface area contributed by atoms with Gasteiger partial charge in [-0.05, 0) is 12.0 Å². The highest BCUT2D eigenvalue weighted by molar-refractivity contribution is 5.39. The highest BCUT2D eigenvalue weighted by atomic mass is 16.5. The van der Waals surface area contributed by atoms with Gasteiger partial charge in [-0.25, -0.2) is 9.97 Å². The van der Waals surface area contributed by atoms with Gasteiger partial charge in [0, 0.05) is 19.7 Å². The predicted molar refractivity (Wildman–Crippen MR) is 77.9 cm³/mol. The van der Waals surface area contributed by atoms with E-state index in [1.165, 1.54) is 6.33 Å². The average molecular weight is 273 g/mol. The van der Waals surface area contributed by atoms with Crippen LogP contribution >= 0.6 is 0 Å². The molecule has 106 valence electrons. The number of benzene rings is 1. The molecule has 0 aliphatic heterocycles. The molecule has 1 aromatic heterocycles. The van der Waals surface area contributed by atoms with Crippen molar-refractivity contribution in [3.05, 3.63) is 48.3 Å². The van der Waals surface area contributed by atoms with E-state index in [-0.39, 0.29) is 0 Å². The maximum Gasteiger partial charge on any atom is 0.218 e. The summed E-state index contributed by atoms with van der Waals surface area (Å²) in [6.45, 7) is 0.691. The fourth-order valence-electron chi connectivity index (χ4n) is 1.92. The van der Waals surface area contributed by atoms with Crippen LogP contribution in [0.25, 0.3) is 0 Å². The topological polar surface area (TPSA) is 58.5 Å². The summed E-state index contributed by atoms with van der Waals surface area (Å²) in [5.41, 5.74) is 0.932. The maximum atomic E-state index is 10.1. The fourth-order valence-corrected chi connectivity index (χ4v) is 1.92. The Morgan fingerprint density at radius 3 is 2.70 bits per heavy atom. The van der Waals surface area contributed by atoms with E-state index in [2.05, 4.69) is 9.97 Å². The van der Waals surface area contributed by atoms with Crippen LogP contribution in [0.1, 0.15) is 18.1 Å². The number of hydrogen-bond donors (Lipinski definition) is 1. The third-order valence-electron chi connectivity index (χ3n) is 3.15. The molecule has 20 heavy (non-hydrogen) atoms. The van der Waals surface area contributed by atoms with Crippen LogP contribution in [0.4, 0.5) is 5.82 Å². The number of anilines is 1. The Balaban J connectivity index is 1.93. The second kappa shape index (κ2) is 6.86. The SMILES string of the molecule is COc1cc(N(C)CC[C@H](O)c2ccccc2)ncn1. The Kier molecular flexibility index (Phi) is 4.90. The van der Waals surface area contributed by atoms with E-state index in [1.54, 1.807) is 13.2 Å². The van der Waals surface area contributed by atoms with Gasteiger partial charge in [0.1, 0.15) is 12.1 Å². The van der Waals surface area contributed by atoms with Gasteiger partial charge in [-0.2, -0.15) is 0 Å². The normalized spacial score (nSPS) is 11.9. The summed E-state index contributed by atoms with van der Waals surface area (Å²) in [5, 5.41) is 10.1. The molecule has 1 atom stereocenters. The molecule has 5 nitrogen and oxygen atoms in total. The molecule has 0 bridgehead atoms. The minimum atomic E-state index is -0.470. The van der Waals surface area contributed by atoms with Crippen LogP contribution in [-0.2, 0) is 0 Å². The molecule has 0 fully saturated rings. The number of rotatable bonds is 6. The van der Waals surface area contributed by atoms with E-state index in [1.807, 2.05) is 42.3 Å². The van der Waals surface area contributed by atoms with Crippen molar-refractivity contribution in [1.29, 1.82) is 0 Å².